The van der Waals surface area contributed by atoms with Crippen molar-refractivity contribution in [2.45, 2.75) is 18.9 Å². The minimum atomic E-state index is -0.886. The van der Waals surface area contributed by atoms with Crippen LogP contribution in [0.3, 0.4) is 0 Å². The molecule has 0 aromatic heterocycles. The molecule has 8 heteroatoms. The third kappa shape index (κ3) is 3.58. The molecular formula is C16H19N3O5. The molecular weight excluding hydrogens is 314 g/mol. The summed E-state index contributed by atoms with van der Waals surface area (Å²) >= 11 is 0. The van der Waals surface area contributed by atoms with E-state index in [-0.39, 0.29) is 12.3 Å². The molecule has 2 saturated heterocycles. The van der Waals surface area contributed by atoms with Crippen LogP contribution >= 0.6 is 0 Å². The van der Waals surface area contributed by atoms with Crippen LogP contribution in [0.2, 0.25) is 0 Å². The number of anilines is 1. The number of piperidine rings is 1. The van der Waals surface area contributed by atoms with Gasteiger partial charge >= 0.3 is 6.09 Å². The molecule has 0 bridgehead atoms. The normalized spacial score (nSPS) is 21.4. The number of amides is 3. The molecule has 2 aliphatic rings. The summed E-state index contributed by atoms with van der Waals surface area (Å²) in [7, 11) is 0. The van der Waals surface area contributed by atoms with Gasteiger partial charge in [-0.25, -0.2) is 4.79 Å². The van der Waals surface area contributed by atoms with E-state index >= 15 is 0 Å². The van der Waals surface area contributed by atoms with E-state index in [2.05, 4.69) is 10.2 Å². The lowest BCUT2D eigenvalue weighted by atomic mass is 10.1. The lowest BCUT2D eigenvalue weighted by molar-refractivity contribution is -0.138. The minimum absolute atomic E-state index is 0.268. The number of piperazine rings is 1. The van der Waals surface area contributed by atoms with Gasteiger partial charge in [-0.2, -0.15) is 0 Å². The van der Waals surface area contributed by atoms with Crippen molar-refractivity contribution in [3.8, 4) is 5.75 Å². The van der Waals surface area contributed by atoms with Crippen molar-refractivity contribution in [2.24, 2.45) is 0 Å². The van der Waals surface area contributed by atoms with Crippen LogP contribution in [-0.4, -0.2) is 60.2 Å². The van der Waals surface area contributed by atoms with Crippen LogP contribution in [0.4, 0.5) is 10.5 Å². The molecule has 3 rings (SSSR count). The first-order valence-electron chi connectivity index (χ1n) is 7.86. The molecule has 128 valence electrons. The average Bonchev–Trinajstić information content (AvgIpc) is 2.58. The van der Waals surface area contributed by atoms with Crippen LogP contribution in [0.1, 0.15) is 12.8 Å². The van der Waals surface area contributed by atoms with Crippen molar-refractivity contribution < 1.29 is 24.2 Å². The average molecular weight is 333 g/mol. The highest BCUT2D eigenvalue weighted by Crippen LogP contribution is 2.23. The Balaban J connectivity index is 1.57. The molecule has 24 heavy (non-hydrogen) atoms. The highest BCUT2D eigenvalue weighted by atomic mass is 16.5. The lowest BCUT2D eigenvalue weighted by Gasteiger charge is -2.34. The van der Waals surface area contributed by atoms with Crippen LogP contribution in [0.25, 0.3) is 0 Å². The molecule has 2 heterocycles. The number of hydrogen-bond donors (Lipinski definition) is 2. The molecule has 0 radical (unpaired) electrons. The van der Waals surface area contributed by atoms with Gasteiger partial charge in [0.2, 0.25) is 5.91 Å². The van der Waals surface area contributed by atoms with Crippen molar-refractivity contribution in [3.63, 3.8) is 0 Å². The molecule has 1 aromatic rings. The van der Waals surface area contributed by atoms with E-state index in [1.807, 2.05) is 12.1 Å². The number of benzene rings is 1. The van der Waals surface area contributed by atoms with Crippen LogP contribution < -0.4 is 15.0 Å². The summed E-state index contributed by atoms with van der Waals surface area (Å²) in [5.41, 5.74) is 0.982. The third-order valence-corrected chi connectivity index (χ3v) is 4.22. The highest BCUT2D eigenvalue weighted by Gasteiger charge is 2.28. The van der Waals surface area contributed by atoms with Crippen LogP contribution in [0, 0.1) is 0 Å². The second-order valence-corrected chi connectivity index (χ2v) is 5.81. The number of nitrogens with one attached hydrogen (secondary N) is 1. The number of rotatable bonds is 3. The van der Waals surface area contributed by atoms with E-state index in [0.29, 0.717) is 38.3 Å². The number of carbonyl (C=O) groups is 3. The van der Waals surface area contributed by atoms with Crippen molar-refractivity contribution in [1.29, 1.82) is 0 Å². The molecule has 1 aromatic carbocycles. The zero-order valence-corrected chi connectivity index (χ0v) is 13.1. The maximum atomic E-state index is 11.7. The Morgan fingerprint density at radius 2 is 1.79 bits per heavy atom. The fourth-order valence-corrected chi connectivity index (χ4v) is 2.84. The number of imide groups is 1. The van der Waals surface area contributed by atoms with Crippen molar-refractivity contribution >= 4 is 23.6 Å². The van der Waals surface area contributed by atoms with Gasteiger partial charge in [-0.3, -0.25) is 14.9 Å². The standard InChI is InChI=1S/C16H19N3O5/c20-14-6-5-13(15(21)17-14)24-12-3-1-11(2-4-12)18-7-9-19(10-8-18)16(22)23/h1-4,13H,5-10H2,(H,22,23)(H,17,20,21). The highest BCUT2D eigenvalue weighted by molar-refractivity contribution is 5.99. The molecule has 2 N–H and O–H groups in total. The minimum Gasteiger partial charge on any atom is -0.481 e. The Bertz CT molecular complexity index is 638. The van der Waals surface area contributed by atoms with Crippen LogP contribution in [-0.2, 0) is 9.59 Å². The smallest absolute Gasteiger partial charge is 0.407 e. The van der Waals surface area contributed by atoms with Crippen LogP contribution in [0.5, 0.6) is 5.75 Å². The Labute approximate surface area is 139 Å². The Morgan fingerprint density at radius 3 is 2.38 bits per heavy atom. The first-order chi connectivity index (χ1) is 11.5. The molecule has 8 nitrogen and oxygen atoms in total. The van der Waals surface area contributed by atoms with Gasteiger partial charge < -0.3 is 19.6 Å². The van der Waals surface area contributed by atoms with Gasteiger partial charge in [-0.05, 0) is 24.3 Å². The van der Waals surface area contributed by atoms with Gasteiger partial charge in [-0.15, -0.1) is 0 Å². The molecule has 1 unspecified atom stereocenters. The van der Waals surface area contributed by atoms with Gasteiger partial charge in [0.25, 0.3) is 5.91 Å². The number of carbonyl (C=O) groups excluding carboxylic acids is 2. The molecule has 2 aliphatic heterocycles. The fourth-order valence-electron chi connectivity index (χ4n) is 2.84. The zero-order valence-electron chi connectivity index (χ0n) is 13.1. The number of hydrogen-bond acceptors (Lipinski definition) is 5. The van der Waals surface area contributed by atoms with Crippen molar-refractivity contribution in [1.82, 2.24) is 10.2 Å². The Morgan fingerprint density at radius 1 is 1.12 bits per heavy atom. The quantitative estimate of drug-likeness (QED) is 0.789. The Hall–Kier alpha value is -2.77. The Kier molecular flexibility index (Phi) is 4.54. The van der Waals surface area contributed by atoms with Crippen LogP contribution in [0.15, 0.2) is 24.3 Å². The predicted molar refractivity (Wildman–Crippen MR) is 85.1 cm³/mol. The van der Waals surface area contributed by atoms with E-state index < -0.39 is 18.1 Å². The summed E-state index contributed by atoms with van der Waals surface area (Å²) in [6, 6.07) is 7.33. The number of carboxylic acid groups (broad SMARTS) is 1. The number of ether oxygens (including phenoxy) is 1. The van der Waals surface area contributed by atoms with Gasteiger partial charge in [0.05, 0.1) is 0 Å². The maximum absolute atomic E-state index is 11.7. The number of nitrogens with zero attached hydrogens (tertiary/aromatic N) is 2. The van der Waals surface area contributed by atoms with Gasteiger partial charge in [0.1, 0.15) is 5.75 Å². The fraction of sp³-hybridized carbons (Fsp3) is 0.438. The van der Waals surface area contributed by atoms with Crippen molar-refractivity contribution in [2.75, 3.05) is 31.1 Å². The second-order valence-electron chi connectivity index (χ2n) is 5.81. The molecule has 2 fully saturated rings. The molecule has 0 spiro atoms. The molecule has 0 saturated carbocycles. The molecule has 1 atom stereocenters. The van der Waals surface area contributed by atoms with Crippen molar-refractivity contribution in [3.05, 3.63) is 24.3 Å². The summed E-state index contributed by atoms with van der Waals surface area (Å²) in [5, 5.41) is 11.2. The topological polar surface area (TPSA) is 99.2 Å². The predicted octanol–water partition coefficient (Wildman–Crippen LogP) is 0.671. The summed E-state index contributed by atoms with van der Waals surface area (Å²) in [5.74, 6) is -0.103. The molecule has 0 aliphatic carbocycles. The van der Waals surface area contributed by atoms with Gasteiger partial charge in [0.15, 0.2) is 6.10 Å². The maximum Gasteiger partial charge on any atom is 0.407 e. The summed E-state index contributed by atoms with van der Waals surface area (Å²) in [4.78, 5) is 37.2. The van der Waals surface area contributed by atoms with E-state index in [1.165, 1.54) is 4.90 Å². The summed E-state index contributed by atoms with van der Waals surface area (Å²) in [6.45, 7) is 2.23. The van der Waals surface area contributed by atoms with Gasteiger partial charge in [-0.1, -0.05) is 0 Å². The second kappa shape index (κ2) is 6.77. The zero-order chi connectivity index (χ0) is 17.1. The molecule has 3 amide bonds. The van der Waals surface area contributed by atoms with E-state index in [0.717, 1.165) is 5.69 Å². The van der Waals surface area contributed by atoms with Gasteiger partial charge in [0, 0.05) is 44.7 Å². The largest absolute Gasteiger partial charge is 0.481 e. The summed E-state index contributed by atoms with van der Waals surface area (Å²) in [6.07, 6.45) is -0.873. The van der Waals surface area contributed by atoms with E-state index in [4.69, 9.17) is 9.84 Å². The SMILES string of the molecule is O=C1CCC(Oc2ccc(N3CCN(C(=O)O)CC3)cc2)C(=O)N1. The lowest BCUT2D eigenvalue weighted by Crippen LogP contribution is -2.48. The first kappa shape index (κ1) is 16.1. The third-order valence-electron chi connectivity index (χ3n) is 4.22. The summed E-state index contributed by atoms with van der Waals surface area (Å²) < 4.78 is 5.64. The first-order valence-corrected chi connectivity index (χ1v) is 7.86. The van der Waals surface area contributed by atoms with E-state index in [9.17, 15) is 14.4 Å². The monoisotopic (exact) mass is 333 g/mol. The van der Waals surface area contributed by atoms with E-state index in [1.54, 1.807) is 12.1 Å².